The first-order valence-electron chi connectivity index (χ1n) is 6.42. The quantitative estimate of drug-likeness (QED) is 0.840. The summed E-state index contributed by atoms with van der Waals surface area (Å²) >= 11 is 0. The number of benzene rings is 1. The van der Waals surface area contributed by atoms with Gasteiger partial charge in [-0.15, -0.1) is 0 Å². The standard InChI is InChI=1S/C15H15NO3/c1-2-18-15(17)13-9-10-7-8-16-12-6-4-3-5-11(12)14(10)19-13/h3-6,9,16H,2,7-8H2,1H3. The fraction of sp³-hybridized carbons (Fsp3) is 0.267. The van der Waals surface area contributed by atoms with Gasteiger partial charge in [0.1, 0.15) is 5.76 Å². The van der Waals surface area contributed by atoms with Gasteiger partial charge in [0.2, 0.25) is 5.76 Å². The molecule has 0 amide bonds. The third-order valence-electron chi connectivity index (χ3n) is 3.17. The molecule has 2 aromatic rings. The molecule has 4 nitrogen and oxygen atoms in total. The normalized spacial score (nSPS) is 12.9. The van der Waals surface area contributed by atoms with Crippen LogP contribution in [0.1, 0.15) is 23.0 Å². The monoisotopic (exact) mass is 257 g/mol. The van der Waals surface area contributed by atoms with Crippen molar-refractivity contribution in [2.45, 2.75) is 13.3 Å². The fourth-order valence-electron chi connectivity index (χ4n) is 2.31. The van der Waals surface area contributed by atoms with Crippen molar-refractivity contribution < 1.29 is 13.9 Å². The summed E-state index contributed by atoms with van der Waals surface area (Å²) in [6, 6.07) is 9.73. The van der Waals surface area contributed by atoms with Crippen molar-refractivity contribution in [3.8, 4) is 11.3 Å². The summed E-state index contributed by atoms with van der Waals surface area (Å²) in [5.74, 6) is 0.646. The van der Waals surface area contributed by atoms with Gasteiger partial charge in [-0.25, -0.2) is 4.79 Å². The molecule has 0 bridgehead atoms. The van der Waals surface area contributed by atoms with Gasteiger partial charge in [-0.1, -0.05) is 12.1 Å². The lowest BCUT2D eigenvalue weighted by atomic mass is 10.1. The molecule has 19 heavy (non-hydrogen) atoms. The minimum absolute atomic E-state index is 0.281. The predicted octanol–water partition coefficient (Wildman–Crippen LogP) is 3.09. The van der Waals surface area contributed by atoms with Gasteiger partial charge in [-0.2, -0.15) is 0 Å². The SMILES string of the molecule is CCOC(=O)c1cc2c(o1)-c1ccccc1NCC2. The Labute approximate surface area is 111 Å². The summed E-state index contributed by atoms with van der Waals surface area (Å²) in [6.07, 6.45) is 0.826. The van der Waals surface area contributed by atoms with Crippen molar-refractivity contribution >= 4 is 11.7 Å². The van der Waals surface area contributed by atoms with Gasteiger partial charge >= 0.3 is 5.97 Å². The van der Waals surface area contributed by atoms with E-state index in [-0.39, 0.29) is 5.76 Å². The average molecular weight is 257 g/mol. The molecule has 0 aliphatic carbocycles. The largest absolute Gasteiger partial charge is 0.460 e. The van der Waals surface area contributed by atoms with Gasteiger partial charge in [0.15, 0.2) is 0 Å². The smallest absolute Gasteiger partial charge is 0.374 e. The molecule has 0 atom stereocenters. The molecule has 0 radical (unpaired) electrons. The third kappa shape index (κ3) is 2.10. The second-order valence-electron chi connectivity index (χ2n) is 4.41. The van der Waals surface area contributed by atoms with Crippen LogP contribution in [0.15, 0.2) is 34.7 Å². The minimum atomic E-state index is -0.402. The van der Waals surface area contributed by atoms with Gasteiger partial charge in [0.25, 0.3) is 0 Å². The number of rotatable bonds is 2. The second kappa shape index (κ2) is 4.80. The number of carbonyl (C=O) groups is 1. The highest BCUT2D eigenvalue weighted by atomic mass is 16.5. The number of para-hydroxylation sites is 1. The number of esters is 1. The van der Waals surface area contributed by atoms with Gasteiger partial charge in [0.05, 0.1) is 6.61 Å². The Morgan fingerprint density at radius 3 is 3.11 bits per heavy atom. The molecule has 1 aliphatic rings. The van der Waals surface area contributed by atoms with Crippen LogP contribution >= 0.6 is 0 Å². The summed E-state index contributed by atoms with van der Waals surface area (Å²) < 4.78 is 10.7. The first-order chi connectivity index (χ1) is 9.29. The Hall–Kier alpha value is -2.23. The van der Waals surface area contributed by atoms with Crippen molar-refractivity contribution in [3.05, 3.63) is 41.7 Å². The van der Waals surface area contributed by atoms with E-state index in [0.29, 0.717) is 6.61 Å². The molecular formula is C15H15NO3. The Kier molecular flexibility index (Phi) is 2.99. The van der Waals surface area contributed by atoms with E-state index in [1.54, 1.807) is 13.0 Å². The fourth-order valence-corrected chi connectivity index (χ4v) is 2.31. The van der Waals surface area contributed by atoms with Gasteiger partial charge in [-0.05, 0) is 31.5 Å². The zero-order chi connectivity index (χ0) is 13.2. The van der Waals surface area contributed by atoms with E-state index < -0.39 is 5.97 Å². The Balaban J connectivity index is 2.06. The van der Waals surface area contributed by atoms with Gasteiger partial charge in [-0.3, -0.25) is 0 Å². The van der Waals surface area contributed by atoms with Crippen LogP contribution in [0.5, 0.6) is 0 Å². The Morgan fingerprint density at radius 1 is 1.42 bits per heavy atom. The van der Waals surface area contributed by atoms with Crippen molar-refractivity contribution in [3.63, 3.8) is 0 Å². The molecule has 0 unspecified atom stereocenters. The number of ether oxygens (including phenoxy) is 1. The van der Waals surface area contributed by atoms with E-state index in [1.165, 1.54) is 0 Å². The molecule has 3 rings (SSSR count). The number of furan rings is 1. The Bertz CT molecular complexity index is 616. The summed E-state index contributed by atoms with van der Waals surface area (Å²) in [6.45, 7) is 2.96. The van der Waals surface area contributed by atoms with Crippen molar-refractivity contribution in [1.82, 2.24) is 0 Å². The van der Waals surface area contributed by atoms with E-state index in [9.17, 15) is 4.79 Å². The van der Waals surface area contributed by atoms with E-state index in [1.807, 2.05) is 24.3 Å². The van der Waals surface area contributed by atoms with E-state index in [4.69, 9.17) is 9.15 Å². The molecule has 2 heterocycles. The summed E-state index contributed by atoms with van der Waals surface area (Å²) in [4.78, 5) is 11.7. The van der Waals surface area contributed by atoms with Crippen molar-refractivity contribution in [2.24, 2.45) is 0 Å². The second-order valence-corrected chi connectivity index (χ2v) is 4.41. The van der Waals surface area contributed by atoms with Crippen LogP contribution in [-0.2, 0) is 11.2 Å². The van der Waals surface area contributed by atoms with E-state index >= 15 is 0 Å². The zero-order valence-electron chi connectivity index (χ0n) is 10.7. The highest BCUT2D eigenvalue weighted by Gasteiger charge is 2.22. The minimum Gasteiger partial charge on any atom is -0.460 e. The molecule has 0 saturated carbocycles. The molecule has 98 valence electrons. The van der Waals surface area contributed by atoms with Crippen LogP contribution in [-0.4, -0.2) is 19.1 Å². The molecule has 0 fully saturated rings. The highest BCUT2D eigenvalue weighted by Crippen LogP contribution is 2.35. The van der Waals surface area contributed by atoms with Crippen molar-refractivity contribution in [1.29, 1.82) is 0 Å². The number of nitrogens with one attached hydrogen (secondary N) is 1. The maximum atomic E-state index is 11.7. The number of carbonyl (C=O) groups excluding carboxylic acids is 1. The van der Waals surface area contributed by atoms with Crippen LogP contribution in [0, 0.1) is 0 Å². The van der Waals surface area contributed by atoms with Gasteiger partial charge in [0, 0.05) is 23.4 Å². The maximum Gasteiger partial charge on any atom is 0.374 e. The number of hydrogen-bond donors (Lipinski definition) is 1. The van der Waals surface area contributed by atoms with Crippen molar-refractivity contribution in [2.75, 3.05) is 18.5 Å². The lowest BCUT2D eigenvalue weighted by molar-refractivity contribution is 0.0491. The van der Waals surface area contributed by atoms with Crippen LogP contribution < -0.4 is 5.32 Å². The average Bonchev–Trinajstić information content (AvgIpc) is 2.77. The number of fused-ring (bicyclic) bond motifs is 3. The highest BCUT2D eigenvalue weighted by molar-refractivity contribution is 5.89. The topological polar surface area (TPSA) is 51.5 Å². The molecule has 4 heteroatoms. The van der Waals surface area contributed by atoms with Crippen LogP contribution in [0.4, 0.5) is 5.69 Å². The summed E-state index contributed by atoms with van der Waals surface area (Å²) in [7, 11) is 0. The third-order valence-corrected chi connectivity index (χ3v) is 3.17. The van der Waals surface area contributed by atoms with Crippen LogP contribution in [0.25, 0.3) is 11.3 Å². The molecule has 0 spiro atoms. The summed E-state index contributed by atoms with van der Waals surface area (Å²) in [5, 5.41) is 3.36. The molecule has 0 saturated heterocycles. The first kappa shape index (κ1) is 11.8. The molecular weight excluding hydrogens is 242 g/mol. The molecule has 1 aromatic carbocycles. The molecule has 1 N–H and O–H groups in total. The lowest BCUT2D eigenvalue weighted by Crippen LogP contribution is -2.04. The first-order valence-corrected chi connectivity index (χ1v) is 6.42. The lowest BCUT2D eigenvalue weighted by Gasteiger charge is -2.06. The predicted molar refractivity (Wildman–Crippen MR) is 72.3 cm³/mol. The molecule has 1 aliphatic heterocycles. The Morgan fingerprint density at radius 2 is 2.26 bits per heavy atom. The summed E-state index contributed by atoms with van der Waals surface area (Å²) in [5.41, 5.74) is 3.07. The number of anilines is 1. The van der Waals surface area contributed by atoms with Crippen LogP contribution in [0.2, 0.25) is 0 Å². The van der Waals surface area contributed by atoms with Crippen LogP contribution in [0.3, 0.4) is 0 Å². The van der Waals surface area contributed by atoms with E-state index in [2.05, 4.69) is 5.32 Å². The molecule has 1 aromatic heterocycles. The zero-order valence-corrected chi connectivity index (χ0v) is 10.7. The van der Waals surface area contributed by atoms with E-state index in [0.717, 1.165) is 35.5 Å². The maximum absolute atomic E-state index is 11.7. The van der Waals surface area contributed by atoms with Gasteiger partial charge < -0.3 is 14.5 Å². The number of hydrogen-bond acceptors (Lipinski definition) is 4.